The molecule has 1 rings (SSSR count). The topological polar surface area (TPSA) is 55.8 Å². The van der Waals surface area contributed by atoms with Crippen molar-refractivity contribution in [2.45, 2.75) is 96.5 Å². The molecule has 1 atom stereocenters. The molecule has 1 unspecified atom stereocenters. The molecule has 0 bridgehead atoms. The third-order valence-corrected chi connectivity index (χ3v) is 5.07. The Morgan fingerprint density at radius 2 is 1.66 bits per heavy atom. The second kappa shape index (κ2) is 16.9. The van der Waals surface area contributed by atoms with Crippen LogP contribution in [0, 0.1) is 0 Å². The van der Waals surface area contributed by atoms with Crippen LogP contribution in [0.15, 0.2) is 36.4 Å². The van der Waals surface area contributed by atoms with Gasteiger partial charge in [0.05, 0.1) is 7.11 Å². The van der Waals surface area contributed by atoms with Gasteiger partial charge in [-0.25, -0.2) is 0 Å². The van der Waals surface area contributed by atoms with Crippen molar-refractivity contribution in [3.8, 4) is 11.5 Å². The number of rotatable bonds is 18. The molecule has 0 amide bonds. The quantitative estimate of drug-likeness (QED) is 0.208. The molecule has 0 aliphatic carbocycles. The van der Waals surface area contributed by atoms with Crippen LogP contribution in [-0.4, -0.2) is 24.3 Å². The second-order valence-electron chi connectivity index (χ2n) is 7.65. The fourth-order valence-electron chi connectivity index (χ4n) is 3.35. The van der Waals surface area contributed by atoms with E-state index in [1.54, 1.807) is 7.11 Å². The lowest BCUT2D eigenvalue weighted by molar-refractivity contribution is -0.137. The van der Waals surface area contributed by atoms with Gasteiger partial charge in [-0.3, -0.25) is 4.79 Å². The van der Waals surface area contributed by atoms with Crippen molar-refractivity contribution in [3.63, 3.8) is 0 Å². The molecule has 0 aliphatic heterocycles. The van der Waals surface area contributed by atoms with E-state index in [4.69, 9.17) is 14.6 Å². The first kappa shape index (κ1) is 25.1. The first-order chi connectivity index (χ1) is 14.2. The summed E-state index contributed by atoms with van der Waals surface area (Å²) in [5.41, 5.74) is 0. The minimum absolute atomic E-state index is 0.176. The van der Waals surface area contributed by atoms with E-state index in [-0.39, 0.29) is 6.10 Å². The van der Waals surface area contributed by atoms with E-state index in [0.717, 1.165) is 56.4 Å². The third-order valence-electron chi connectivity index (χ3n) is 5.07. The van der Waals surface area contributed by atoms with Crippen molar-refractivity contribution in [1.29, 1.82) is 0 Å². The zero-order chi connectivity index (χ0) is 21.2. The van der Waals surface area contributed by atoms with Crippen molar-refractivity contribution >= 4 is 5.97 Å². The summed E-state index contributed by atoms with van der Waals surface area (Å²) < 4.78 is 11.7. The zero-order valence-electron chi connectivity index (χ0n) is 18.4. The molecule has 0 fully saturated rings. The summed E-state index contributed by atoms with van der Waals surface area (Å²) in [6.45, 7) is 2.23. The molecule has 0 radical (unpaired) electrons. The standard InChI is InChI=1S/C25H40O4/c1-3-4-5-12-17-22(29-24-20-16-15-19-23(24)28-2)18-13-10-8-6-7-9-11-14-21-25(26)27/h10,13,15-16,19-20,22H,3-9,11-12,14,17-18,21H2,1-2H3,(H,26,27)/b13-10-. The molecule has 164 valence electrons. The Balaban J connectivity index is 2.34. The minimum Gasteiger partial charge on any atom is -0.493 e. The number of aliphatic carboxylic acids is 1. The molecule has 4 heteroatoms. The van der Waals surface area contributed by atoms with Crippen LogP contribution in [0.1, 0.15) is 90.4 Å². The van der Waals surface area contributed by atoms with Crippen LogP contribution < -0.4 is 9.47 Å². The number of carboxylic acid groups (broad SMARTS) is 1. The summed E-state index contributed by atoms with van der Waals surface area (Å²) >= 11 is 0. The van der Waals surface area contributed by atoms with Crippen molar-refractivity contribution in [1.82, 2.24) is 0 Å². The maximum Gasteiger partial charge on any atom is 0.303 e. The van der Waals surface area contributed by atoms with Gasteiger partial charge < -0.3 is 14.6 Å². The number of methoxy groups -OCH3 is 1. The Morgan fingerprint density at radius 3 is 2.38 bits per heavy atom. The molecule has 0 heterocycles. The summed E-state index contributed by atoms with van der Waals surface area (Å²) in [5.74, 6) is 0.927. The molecule has 0 aliphatic rings. The monoisotopic (exact) mass is 404 g/mol. The van der Waals surface area contributed by atoms with Crippen molar-refractivity contribution < 1.29 is 19.4 Å². The number of unbranched alkanes of at least 4 members (excludes halogenated alkanes) is 8. The van der Waals surface area contributed by atoms with Gasteiger partial charge in [0.1, 0.15) is 6.10 Å². The fraction of sp³-hybridized carbons (Fsp3) is 0.640. The van der Waals surface area contributed by atoms with Crippen molar-refractivity contribution in [2.24, 2.45) is 0 Å². The Hall–Kier alpha value is -1.97. The van der Waals surface area contributed by atoms with Crippen LogP contribution in [0.3, 0.4) is 0 Å². The average molecular weight is 405 g/mol. The molecular formula is C25H40O4. The highest BCUT2D eigenvalue weighted by atomic mass is 16.5. The van der Waals surface area contributed by atoms with Gasteiger partial charge in [0.15, 0.2) is 11.5 Å². The van der Waals surface area contributed by atoms with Gasteiger partial charge in [-0.15, -0.1) is 0 Å². The highest BCUT2D eigenvalue weighted by Gasteiger charge is 2.12. The second-order valence-corrected chi connectivity index (χ2v) is 7.65. The molecule has 0 aromatic heterocycles. The summed E-state index contributed by atoms with van der Waals surface area (Å²) in [7, 11) is 1.68. The van der Waals surface area contributed by atoms with Gasteiger partial charge >= 0.3 is 5.97 Å². The van der Waals surface area contributed by atoms with Gasteiger partial charge in [0.25, 0.3) is 0 Å². The maximum atomic E-state index is 10.5. The van der Waals surface area contributed by atoms with Crippen molar-refractivity contribution in [3.05, 3.63) is 36.4 Å². The lowest BCUT2D eigenvalue weighted by atomic mass is 10.1. The molecule has 0 saturated heterocycles. The minimum atomic E-state index is -0.687. The number of hydrogen-bond donors (Lipinski definition) is 1. The van der Waals surface area contributed by atoms with Gasteiger partial charge in [0.2, 0.25) is 0 Å². The zero-order valence-corrected chi connectivity index (χ0v) is 18.4. The molecule has 1 aromatic rings. The van der Waals surface area contributed by atoms with Gasteiger partial charge in [0, 0.05) is 12.8 Å². The van der Waals surface area contributed by atoms with Crippen LogP contribution in [0.2, 0.25) is 0 Å². The molecule has 1 aromatic carbocycles. The van der Waals surface area contributed by atoms with Crippen LogP contribution in [-0.2, 0) is 4.79 Å². The Labute approximate surface area is 177 Å². The normalized spacial score (nSPS) is 12.2. The molecule has 1 N–H and O–H groups in total. The van der Waals surface area contributed by atoms with Crippen LogP contribution in [0.25, 0.3) is 0 Å². The molecule has 4 nitrogen and oxygen atoms in total. The summed E-state index contributed by atoms with van der Waals surface area (Å²) in [5, 5.41) is 8.63. The maximum absolute atomic E-state index is 10.5. The number of hydrogen-bond acceptors (Lipinski definition) is 3. The smallest absolute Gasteiger partial charge is 0.303 e. The SMILES string of the molecule is CCCCCCC(C/C=C\CCCCCCCC(=O)O)Oc1ccccc1OC. The molecular weight excluding hydrogens is 364 g/mol. The van der Waals surface area contributed by atoms with E-state index < -0.39 is 5.97 Å². The first-order valence-corrected chi connectivity index (χ1v) is 11.3. The van der Waals surface area contributed by atoms with E-state index in [2.05, 4.69) is 19.1 Å². The van der Waals surface area contributed by atoms with E-state index in [9.17, 15) is 4.79 Å². The Morgan fingerprint density at radius 1 is 0.966 bits per heavy atom. The number of para-hydroxylation sites is 2. The molecule has 29 heavy (non-hydrogen) atoms. The number of carbonyl (C=O) groups is 1. The van der Waals surface area contributed by atoms with Crippen molar-refractivity contribution in [2.75, 3.05) is 7.11 Å². The summed E-state index contributed by atoms with van der Waals surface area (Å²) in [6, 6.07) is 7.86. The van der Waals surface area contributed by atoms with E-state index in [1.165, 1.54) is 32.1 Å². The third kappa shape index (κ3) is 13.0. The largest absolute Gasteiger partial charge is 0.493 e. The summed E-state index contributed by atoms with van der Waals surface area (Å²) in [6.07, 6.45) is 18.3. The first-order valence-electron chi connectivity index (χ1n) is 11.3. The van der Waals surface area contributed by atoms with Crippen LogP contribution in [0.5, 0.6) is 11.5 Å². The number of carboxylic acids is 1. The van der Waals surface area contributed by atoms with Gasteiger partial charge in [-0.05, 0) is 44.2 Å². The van der Waals surface area contributed by atoms with E-state index in [1.807, 2.05) is 24.3 Å². The molecule has 0 spiro atoms. The van der Waals surface area contributed by atoms with Crippen LogP contribution in [0.4, 0.5) is 0 Å². The molecule has 0 saturated carbocycles. The Bertz CT molecular complexity index is 568. The lowest BCUT2D eigenvalue weighted by Gasteiger charge is -2.19. The Kier molecular flexibility index (Phi) is 14.6. The van der Waals surface area contributed by atoms with Crippen LogP contribution >= 0.6 is 0 Å². The van der Waals surface area contributed by atoms with Gasteiger partial charge in [-0.2, -0.15) is 0 Å². The summed E-state index contributed by atoms with van der Waals surface area (Å²) in [4.78, 5) is 10.5. The predicted molar refractivity (Wildman–Crippen MR) is 120 cm³/mol. The van der Waals surface area contributed by atoms with E-state index >= 15 is 0 Å². The lowest BCUT2D eigenvalue weighted by Crippen LogP contribution is -2.16. The average Bonchev–Trinajstić information content (AvgIpc) is 2.72. The fourth-order valence-corrected chi connectivity index (χ4v) is 3.35. The predicted octanol–water partition coefficient (Wildman–Crippen LogP) is 7.17. The van der Waals surface area contributed by atoms with E-state index in [0.29, 0.717) is 6.42 Å². The highest BCUT2D eigenvalue weighted by Crippen LogP contribution is 2.28. The highest BCUT2D eigenvalue weighted by molar-refractivity contribution is 5.66. The number of allylic oxidation sites excluding steroid dienone is 1. The van der Waals surface area contributed by atoms with Gasteiger partial charge in [-0.1, -0.05) is 69.7 Å². The number of ether oxygens (including phenoxy) is 2. The number of benzene rings is 1.